The molecule has 4 aliphatic rings. The van der Waals surface area contributed by atoms with E-state index in [0.29, 0.717) is 53.4 Å². The Balaban J connectivity index is 0.000000214. The van der Waals surface area contributed by atoms with E-state index in [4.69, 9.17) is 24.1 Å². The Hall–Kier alpha value is -4.89. The Bertz CT molecular complexity index is 1970. The van der Waals surface area contributed by atoms with Gasteiger partial charge in [-0.05, 0) is 125 Å². The van der Waals surface area contributed by atoms with Gasteiger partial charge in [-0.25, -0.2) is 4.79 Å². The van der Waals surface area contributed by atoms with Crippen molar-refractivity contribution in [2.75, 3.05) is 14.2 Å². The van der Waals surface area contributed by atoms with Crippen LogP contribution in [0, 0.1) is 22.7 Å². The number of nitrogens with zero attached hydrogens (tertiary/aromatic N) is 2. The fourth-order valence-electron chi connectivity index (χ4n) is 7.50. The quantitative estimate of drug-likeness (QED) is 0.171. The van der Waals surface area contributed by atoms with E-state index in [-0.39, 0.29) is 37.2 Å². The summed E-state index contributed by atoms with van der Waals surface area (Å²) >= 11 is 0. The lowest BCUT2D eigenvalue weighted by Crippen LogP contribution is -2.29. The lowest BCUT2D eigenvalue weighted by Gasteiger charge is -2.31. The molecule has 0 heterocycles. The number of alkyl halides is 3. The summed E-state index contributed by atoms with van der Waals surface area (Å²) in [6, 6.07) is 15.4. The standard InChI is InChI=1S/C20H22F3NO5S.C20H23NO4/c1-27-17-7-6-14(12-18(17)28-15-4-2-3-5-15)19(13-24)10-8-16(9-11-19)29-30(25,26)20(21,22)23;1-24-17-7-6-15(12-18(17)25-16-4-2-3-5-16)20(13-21)10-8-14(9-11-20)19(22)23/h6-8,12,15H,2-5,9-11H2,1H3;6-8,12,16H,2-5,9-11H2,1H3,(H,22,23). The molecule has 0 radical (unpaired) electrons. The van der Waals surface area contributed by atoms with Gasteiger partial charge in [0, 0.05) is 12.0 Å². The van der Waals surface area contributed by atoms with E-state index in [0.717, 1.165) is 44.1 Å². The molecule has 4 aliphatic carbocycles. The molecule has 2 fully saturated rings. The normalized spacial score (nSPS) is 23.2. The van der Waals surface area contributed by atoms with Crippen molar-refractivity contribution < 1.29 is 54.6 Å². The molecule has 2 aromatic carbocycles. The second kappa shape index (κ2) is 17.3. The maximum atomic E-state index is 12.5. The second-order valence-electron chi connectivity index (χ2n) is 14.3. The molecular weight excluding hydrogens is 742 g/mol. The minimum Gasteiger partial charge on any atom is -0.493 e. The largest absolute Gasteiger partial charge is 0.534 e. The molecule has 15 heteroatoms. The molecule has 0 spiro atoms. The average Bonchev–Trinajstić information content (AvgIpc) is 3.90. The number of ether oxygens (including phenoxy) is 4. The molecule has 0 saturated heterocycles. The van der Waals surface area contributed by atoms with Crippen molar-refractivity contribution >= 4 is 16.1 Å². The van der Waals surface area contributed by atoms with Gasteiger partial charge < -0.3 is 28.2 Å². The maximum absolute atomic E-state index is 12.5. The Kier molecular flexibility index (Phi) is 13.0. The zero-order valence-corrected chi connectivity index (χ0v) is 31.6. The van der Waals surface area contributed by atoms with E-state index >= 15 is 0 Å². The van der Waals surface area contributed by atoms with Crippen LogP contribution >= 0.6 is 0 Å². The first kappa shape index (κ1) is 41.3. The molecule has 296 valence electrons. The van der Waals surface area contributed by atoms with Gasteiger partial charge in [-0.1, -0.05) is 18.2 Å². The lowest BCUT2D eigenvalue weighted by molar-refractivity contribution is -0.132. The van der Waals surface area contributed by atoms with Gasteiger partial charge in [-0.3, -0.25) is 0 Å². The van der Waals surface area contributed by atoms with Crippen molar-refractivity contribution in [1.29, 1.82) is 10.5 Å². The molecule has 55 heavy (non-hydrogen) atoms. The summed E-state index contributed by atoms with van der Waals surface area (Å²) in [6.45, 7) is 0. The number of nitriles is 2. The van der Waals surface area contributed by atoms with E-state index in [1.807, 2.05) is 18.2 Å². The Morgan fingerprint density at radius 2 is 1.22 bits per heavy atom. The minimum absolute atomic E-state index is 0.0153. The van der Waals surface area contributed by atoms with E-state index in [1.165, 1.54) is 26.0 Å². The number of hydrogen-bond acceptors (Lipinski definition) is 10. The Labute approximate surface area is 319 Å². The second-order valence-corrected chi connectivity index (χ2v) is 15.8. The molecule has 6 rings (SSSR count). The fourth-order valence-corrected chi connectivity index (χ4v) is 8.03. The first-order valence-electron chi connectivity index (χ1n) is 18.3. The van der Waals surface area contributed by atoms with Crippen LogP contribution in [0.1, 0.15) is 101 Å². The van der Waals surface area contributed by atoms with Crippen LogP contribution in [0.3, 0.4) is 0 Å². The van der Waals surface area contributed by atoms with Crippen LogP contribution in [0.2, 0.25) is 0 Å². The first-order chi connectivity index (χ1) is 26.2. The topological polar surface area (TPSA) is 165 Å². The summed E-state index contributed by atoms with van der Waals surface area (Å²) < 4.78 is 87.2. The average molecular weight is 787 g/mol. The highest BCUT2D eigenvalue weighted by atomic mass is 32.2. The molecule has 0 bridgehead atoms. The summed E-state index contributed by atoms with van der Waals surface area (Å²) in [5, 5.41) is 28.8. The van der Waals surface area contributed by atoms with E-state index < -0.39 is 32.4 Å². The highest BCUT2D eigenvalue weighted by Gasteiger charge is 2.49. The third-order valence-corrected chi connectivity index (χ3v) is 11.8. The van der Waals surface area contributed by atoms with E-state index in [9.17, 15) is 36.9 Å². The number of hydrogen-bond donors (Lipinski definition) is 1. The fraction of sp³-hybridized carbons (Fsp3) is 0.525. The van der Waals surface area contributed by atoms with Gasteiger partial charge in [0.25, 0.3) is 0 Å². The van der Waals surface area contributed by atoms with Crippen LogP contribution in [0.5, 0.6) is 23.0 Å². The number of carboxylic acids is 1. The zero-order chi connectivity index (χ0) is 39.9. The monoisotopic (exact) mass is 786 g/mol. The summed E-state index contributed by atoms with van der Waals surface area (Å²) in [7, 11) is -2.59. The predicted octanol–water partition coefficient (Wildman–Crippen LogP) is 8.68. The SMILES string of the molecule is COc1ccc(C2(C#N)CC=C(C(=O)O)CC2)cc1OC1CCCC1.COc1ccc(C2(C#N)CC=C(OS(=O)(=O)C(F)(F)F)CC2)cc1OC1CCCC1. The van der Waals surface area contributed by atoms with Crippen LogP contribution in [0.15, 0.2) is 59.9 Å². The van der Waals surface area contributed by atoms with Crippen LogP contribution < -0.4 is 18.9 Å². The van der Waals surface area contributed by atoms with Gasteiger partial charge in [0.2, 0.25) is 0 Å². The number of aliphatic carboxylic acids is 1. The lowest BCUT2D eigenvalue weighted by atomic mass is 9.71. The van der Waals surface area contributed by atoms with Gasteiger partial charge in [0.1, 0.15) is 5.76 Å². The number of rotatable bonds is 11. The number of allylic oxidation sites excluding steroid dienone is 3. The van der Waals surface area contributed by atoms with Gasteiger partial charge in [0.05, 0.1) is 49.4 Å². The molecule has 2 aromatic rings. The van der Waals surface area contributed by atoms with E-state index in [1.54, 1.807) is 31.4 Å². The van der Waals surface area contributed by atoms with Crippen molar-refractivity contribution in [1.82, 2.24) is 0 Å². The van der Waals surface area contributed by atoms with Crippen molar-refractivity contribution in [3.8, 4) is 35.1 Å². The first-order valence-corrected chi connectivity index (χ1v) is 19.7. The highest BCUT2D eigenvalue weighted by Crippen LogP contribution is 2.44. The number of methoxy groups -OCH3 is 2. The number of halogens is 3. The third kappa shape index (κ3) is 9.50. The minimum atomic E-state index is -5.72. The molecular formula is C40H45F3N2O9S. The van der Waals surface area contributed by atoms with Gasteiger partial charge in [-0.2, -0.15) is 32.1 Å². The van der Waals surface area contributed by atoms with Gasteiger partial charge in [0.15, 0.2) is 23.0 Å². The molecule has 0 aliphatic heterocycles. The number of carboxylic acid groups (broad SMARTS) is 1. The smallest absolute Gasteiger partial charge is 0.493 e. The summed E-state index contributed by atoms with van der Waals surface area (Å²) in [6.07, 6.45) is 13.0. The van der Waals surface area contributed by atoms with Crippen LogP contribution in [0.25, 0.3) is 0 Å². The van der Waals surface area contributed by atoms with E-state index in [2.05, 4.69) is 16.3 Å². The molecule has 0 aromatic heterocycles. The zero-order valence-electron chi connectivity index (χ0n) is 30.8. The number of benzene rings is 2. The Morgan fingerprint density at radius 1 is 0.764 bits per heavy atom. The summed E-state index contributed by atoms with van der Waals surface area (Å²) in [5.41, 5.74) is -5.35. The molecule has 2 unspecified atom stereocenters. The molecule has 1 N–H and O–H groups in total. The molecule has 2 saturated carbocycles. The van der Waals surface area contributed by atoms with Gasteiger partial charge in [-0.15, -0.1) is 0 Å². The van der Waals surface area contributed by atoms with Crippen molar-refractivity contribution in [3.05, 3.63) is 71.0 Å². The maximum Gasteiger partial charge on any atom is 0.534 e. The Morgan fingerprint density at radius 3 is 1.56 bits per heavy atom. The summed E-state index contributed by atoms with van der Waals surface area (Å²) in [4.78, 5) is 11.1. The van der Waals surface area contributed by atoms with Crippen LogP contribution in [0.4, 0.5) is 13.2 Å². The molecule has 2 atom stereocenters. The third-order valence-electron chi connectivity index (χ3n) is 10.8. The predicted molar refractivity (Wildman–Crippen MR) is 194 cm³/mol. The van der Waals surface area contributed by atoms with Crippen molar-refractivity contribution in [2.24, 2.45) is 0 Å². The highest BCUT2D eigenvalue weighted by molar-refractivity contribution is 7.87. The van der Waals surface area contributed by atoms with Gasteiger partial charge >= 0.3 is 21.6 Å². The van der Waals surface area contributed by atoms with Crippen molar-refractivity contribution in [3.63, 3.8) is 0 Å². The van der Waals surface area contributed by atoms with Crippen molar-refractivity contribution in [2.45, 2.75) is 118 Å². The summed E-state index contributed by atoms with van der Waals surface area (Å²) in [5.74, 6) is 1.18. The molecule has 0 amide bonds. The van der Waals surface area contributed by atoms with Crippen LogP contribution in [-0.2, 0) is 29.9 Å². The number of carbonyl (C=O) groups is 1. The molecule has 11 nitrogen and oxygen atoms in total. The van der Waals surface area contributed by atoms with Crippen LogP contribution in [-0.4, -0.2) is 51.4 Å².